The number of benzene rings is 1. The van der Waals surface area contributed by atoms with Crippen LogP contribution in [-0.2, 0) is 0 Å². The molecule has 2 heterocycles. The van der Waals surface area contributed by atoms with Crippen molar-refractivity contribution in [1.82, 2.24) is 5.32 Å². The van der Waals surface area contributed by atoms with Gasteiger partial charge in [-0.1, -0.05) is 0 Å². The molecule has 2 atom stereocenters. The standard InChI is InChI=1S/C16H21NO2/c1-10-5-11(9-15(6-10)19-2)16(18)12-7-13-3-4-14(8-12)17-13/h5-6,9,12-14,17H,3-4,7-8H2,1-2H3. The summed E-state index contributed by atoms with van der Waals surface area (Å²) in [6.07, 6.45) is 4.44. The Labute approximate surface area is 114 Å². The highest BCUT2D eigenvalue weighted by molar-refractivity contribution is 5.98. The summed E-state index contributed by atoms with van der Waals surface area (Å²) in [6, 6.07) is 6.93. The first-order valence-corrected chi connectivity index (χ1v) is 7.11. The van der Waals surface area contributed by atoms with Crippen molar-refractivity contribution < 1.29 is 9.53 Å². The first-order chi connectivity index (χ1) is 9.15. The van der Waals surface area contributed by atoms with Crippen molar-refractivity contribution in [2.75, 3.05) is 7.11 Å². The summed E-state index contributed by atoms with van der Waals surface area (Å²) in [4.78, 5) is 12.7. The summed E-state index contributed by atoms with van der Waals surface area (Å²) < 4.78 is 5.26. The lowest BCUT2D eigenvalue weighted by molar-refractivity contribution is 0.0875. The Morgan fingerprint density at radius 3 is 2.53 bits per heavy atom. The maximum absolute atomic E-state index is 12.7. The summed E-state index contributed by atoms with van der Waals surface area (Å²) >= 11 is 0. The highest BCUT2D eigenvalue weighted by Crippen LogP contribution is 2.33. The van der Waals surface area contributed by atoms with Crippen molar-refractivity contribution in [3.63, 3.8) is 0 Å². The molecule has 3 heteroatoms. The summed E-state index contributed by atoms with van der Waals surface area (Å²) in [6.45, 7) is 2.01. The van der Waals surface area contributed by atoms with Crippen LogP contribution in [0.5, 0.6) is 5.75 Å². The molecule has 19 heavy (non-hydrogen) atoms. The van der Waals surface area contributed by atoms with Gasteiger partial charge in [0.15, 0.2) is 5.78 Å². The molecule has 102 valence electrons. The van der Waals surface area contributed by atoms with Gasteiger partial charge in [-0.2, -0.15) is 0 Å². The van der Waals surface area contributed by atoms with Crippen LogP contribution in [0.3, 0.4) is 0 Å². The average Bonchev–Trinajstić information content (AvgIpc) is 2.75. The lowest BCUT2D eigenvalue weighted by Crippen LogP contribution is -2.40. The fourth-order valence-corrected chi connectivity index (χ4v) is 3.52. The molecular weight excluding hydrogens is 238 g/mol. The van der Waals surface area contributed by atoms with Crippen molar-refractivity contribution in [1.29, 1.82) is 0 Å². The Bertz CT molecular complexity index is 486. The van der Waals surface area contributed by atoms with Gasteiger partial charge < -0.3 is 10.1 Å². The van der Waals surface area contributed by atoms with Gasteiger partial charge >= 0.3 is 0 Å². The largest absolute Gasteiger partial charge is 0.497 e. The number of hydrogen-bond donors (Lipinski definition) is 1. The average molecular weight is 259 g/mol. The van der Waals surface area contributed by atoms with Crippen LogP contribution in [0.1, 0.15) is 41.6 Å². The van der Waals surface area contributed by atoms with Crippen LogP contribution < -0.4 is 10.1 Å². The molecule has 2 aliphatic rings. The second-order valence-electron chi connectivity index (χ2n) is 5.91. The van der Waals surface area contributed by atoms with Crippen molar-refractivity contribution in [3.05, 3.63) is 29.3 Å². The van der Waals surface area contributed by atoms with E-state index in [4.69, 9.17) is 4.74 Å². The fraction of sp³-hybridized carbons (Fsp3) is 0.562. The molecule has 0 aliphatic carbocycles. The van der Waals surface area contributed by atoms with E-state index in [0.717, 1.165) is 29.7 Å². The quantitative estimate of drug-likeness (QED) is 0.848. The van der Waals surface area contributed by atoms with E-state index >= 15 is 0 Å². The Balaban J connectivity index is 1.81. The zero-order valence-electron chi connectivity index (χ0n) is 11.6. The minimum Gasteiger partial charge on any atom is -0.497 e. The highest BCUT2D eigenvalue weighted by Gasteiger charge is 2.36. The lowest BCUT2D eigenvalue weighted by atomic mass is 9.85. The number of carbonyl (C=O) groups excluding carboxylic acids is 1. The number of hydrogen-bond acceptors (Lipinski definition) is 3. The number of ether oxygens (including phenoxy) is 1. The highest BCUT2D eigenvalue weighted by atomic mass is 16.5. The minimum atomic E-state index is 0.185. The van der Waals surface area contributed by atoms with Crippen LogP contribution in [0, 0.1) is 12.8 Å². The number of carbonyl (C=O) groups is 1. The molecule has 2 aliphatic heterocycles. The molecule has 0 amide bonds. The minimum absolute atomic E-state index is 0.185. The van der Waals surface area contributed by atoms with Crippen LogP contribution in [0.15, 0.2) is 18.2 Å². The molecule has 0 saturated carbocycles. The summed E-state index contributed by atoms with van der Waals surface area (Å²) in [5.41, 5.74) is 1.89. The summed E-state index contributed by atoms with van der Waals surface area (Å²) in [5.74, 6) is 1.26. The predicted octanol–water partition coefficient (Wildman–Crippen LogP) is 2.72. The first-order valence-electron chi connectivity index (χ1n) is 7.11. The Morgan fingerprint density at radius 1 is 1.21 bits per heavy atom. The zero-order chi connectivity index (χ0) is 13.4. The van der Waals surface area contributed by atoms with Gasteiger partial charge in [0, 0.05) is 23.6 Å². The van der Waals surface area contributed by atoms with Crippen LogP contribution in [0.25, 0.3) is 0 Å². The molecule has 2 fully saturated rings. The molecule has 1 N–H and O–H groups in total. The van der Waals surface area contributed by atoms with E-state index in [1.54, 1.807) is 7.11 Å². The third-order valence-electron chi connectivity index (χ3n) is 4.41. The third-order valence-corrected chi connectivity index (χ3v) is 4.41. The van der Waals surface area contributed by atoms with Crippen LogP contribution in [0.2, 0.25) is 0 Å². The zero-order valence-corrected chi connectivity index (χ0v) is 11.6. The number of rotatable bonds is 3. The molecule has 2 bridgehead atoms. The van der Waals surface area contributed by atoms with Crippen molar-refractivity contribution in [2.45, 2.75) is 44.7 Å². The van der Waals surface area contributed by atoms with Gasteiger partial charge in [0.2, 0.25) is 0 Å². The van der Waals surface area contributed by atoms with Gasteiger partial charge in [0.1, 0.15) is 5.75 Å². The van der Waals surface area contributed by atoms with E-state index in [1.807, 2.05) is 25.1 Å². The van der Waals surface area contributed by atoms with Gasteiger partial charge in [0.05, 0.1) is 7.11 Å². The predicted molar refractivity (Wildman–Crippen MR) is 74.7 cm³/mol. The second kappa shape index (κ2) is 4.97. The summed E-state index contributed by atoms with van der Waals surface area (Å²) in [5, 5.41) is 3.58. The van der Waals surface area contributed by atoms with Crippen LogP contribution in [-0.4, -0.2) is 25.0 Å². The molecule has 3 nitrogen and oxygen atoms in total. The number of ketones is 1. The molecular formula is C16H21NO2. The number of aryl methyl sites for hydroxylation is 1. The normalized spacial score (nSPS) is 29.3. The molecule has 1 aromatic rings. The van der Waals surface area contributed by atoms with E-state index < -0.39 is 0 Å². The third kappa shape index (κ3) is 2.52. The Morgan fingerprint density at radius 2 is 1.89 bits per heavy atom. The van der Waals surface area contributed by atoms with E-state index in [0.29, 0.717) is 17.9 Å². The molecule has 0 radical (unpaired) electrons. The van der Waals surface area contributed by atoms with E-state index in [-0.39, 0.29) is 5.92 Å². The van der Waals surface area contributed by atoms with Crippen LogP contribution in [0.4, 0.5) is 0 Å². The molecule has 2 unspecified atom stereocenters. The van der Waals surface area contributed by atoms with Gasteiger partial charge in [-0.25, -0.2) is 0 Å². The number of fused-ring (bicyclic) bond motifs is 2. The summed E-state index contributed by atoms with van der Waals surface area (Å²) in [7, 11) is 1.65. The SMILES string of the molecule is COc1cc(C)cc(C(=O)C2CC3CCC(C2)N3)c1. The maximum Gasteiger partial charge on any atom is 0.166 e. The van der Waals surface area contributed by atoms with E-state index in [1.165, 1.54) is 12.8 Å². The molecule has 1 aromatic carbocycles. The Hall–Kier alpha value is -1.35. The maximum atomic E-state index is 12.7. The van der Waals surface area contributed by atoms with E-state index in [2.05, 4.69) is 5.32 Å². The lowest BCUT2D eigenvalue weighted by Gasteiger charge is -2.28. The molecule has 0 spiro atoms. The first kappa shape index (κ1) is 12.7. The molecule has 0 aromatic heterocycles. The molecule has 3 rings (SSSR count). The fourth-order valence-electron chi connectivity index (χ4n) is 3.52. The van der Waals surface area contributed by atoms with Crippen molar-refractivity contribution in [3.8, 4) is 5.75 Å². The smallest absolute Gasteiger partial charge is 0.166 e. The van der Waals surface area contributed by atoms with Crippen molar-refractivity contribution >= 4 is 5.78 Å². The number of piperidine rings is 1. The van der Waals surface area contributed by atoms with Crippen LogP contribution >= 0.6 is 0 Å². The number of methoxy groups -OCH3 is 1. The van der Waals surface area contributed by atoms with Gasteiger partial charge in [0.25, 0.3) is 0 Å². The topological polar surface area (TPSA) is 38.3 Å². The second-order valence-corrected chi connectivity index (χ2v) is 5.91. The monoisotopic (exact) mass is 259 g/mol. The van der Waals surface area contributed by atoms with Gasteiger partial charge in [-0.15, -0.1) is 0 Å². The van der Waals surface area contributed by atoms with E-state index in [9.17, 15) is 4.79 Å². The number of nitrogens with one attached hydrogen (secondary N) is 1. The van der Waals surface area contributed by atoms with Crippen molar-refractivity contribution in [2.24, 2.45) is 5.92 Å². The molecule has 2 saturated heterocycles. The number of Topliss-reactive ketones (excluding diaryl/α,β-unsaturated/α-hetero) is 1. The van der Waals surface area contributed by atoms with Gasteiger partial charge in [-0.3, -0.25) is 4.79 Å². The van der Waals surface area contributed by atoms with Gasteiger partial charge in [-0.05, 0) is 56.4 Å². The Kier molecular flexibility index (Phi) is 3.31.